The fourth-order valence-corrected chi connectivity index (χ4v) is 6.39. The molecule has 1 amide bonds. The van der Waals surface area contributed by atoms with E-state index in [2.05, 4.69) is 51.3 Å². The number of hydrogen-bond acceptors (Lipinski definition) is 3. The number of nitrogens with zero attached hydrogens (tertiary/aromatic N) is 2. The Balaban J connectivity index is 1.95. The Bertz CT molecular complexity index is 593. The molecule has 0 aromatic carbocycles. The van der Waals surface area contributed by atoms with Crippen molar-refractivity contribution in [3.8, 4) is 0 Å². The minimum absolute atomic E-state index is 0.0952. The third kappa shape index (κ3) is 10.3. The number of piperazine rings is 1. The van der Waals surface area contributed by atoms with Gasteiger partial charge in [-0.3, -0.25) is 9.69 Å². The molecule has 0 aromatic rings. The van der Waals surface area contributed by atoms with Crippen molar-refractivity contribution in [2.24, 2.45) is 0 Å². The number of carbonyl (C=O) groups is 1. The average molecular weight is 493 g/mol. The van der Waals surface area contributed by atoms with Crippen molar-refractivity contribution >= 4 is 5.91 Å². The smallest absolute Gasteiger partial charge is 0.237 e. The molecule has 2 heterocycles. The molecule has 2 rings (SSSR count). The van der Waals surface area contributed by atoms with Gasteiger partial charge in [-0.05, 0) is 46.5 Å². The summed E-state index contributed by atoms with van der Waals surface area (Å²) in [4.78, 5) is 18.1. The Morgan fingerprint density at radius 1 is 0.743 bits per heavy atom. The van der Waals surface area contributed by atoms with E-state index in [1.54, 1.807) is 0 Å². The van der Waals surface area contributed by atoms with Crippen LogP contribution in [0.4, 0.5) is 0 Å². The SMILES string of the molecule is CCCCCCCC(C)(CCCCCC)N1CC(=O)N2CC(OC(C)(C)CCCCCC)CC2C1. The van der Waals surface area contributed by atoms with E-state index in [1.165, 1.54) is 96.3 Å². The molecule has 0 N–H and O–H groups in total. The molecule has 0 saturated carbocycles. The van der Waals surface area contributed by atoms with E-state index >= 15 is 0 Å². The van der Waals surface area contributed by atoms with Crippen molar-refractivity contribution < 1.29 is 9.53 Å². The van der Waals surface area contributed by atoms with Crippen molar-refractivity contribution in [1.29, 1.82) is 0 Å². The van der Waals surface area contributed by atoms with Crippen LogP contribution < -0.4 is 0 Å². The molecule has 4 nitrogen and oxygen atoms in total. The Hall–Kier alpha value is -0.610. The van der Waals surface area contributed by atoms with Crippen LogP contribution in [0.2, 0.25) is 0 Å². The molecule has 0 aromatic heterocycles. The van der Waals surface area contributed by atoms with Crippen LogP contribution in [0.25, 0.3) is 0 Å². The van der Waals surface area contributed by atoms with E-state index in [1.807, 2.05) is 0 Å². The minimum atomic E-state index is -0.0952. The van der Waals surface area contributed by atoms with Crippen molar-refractivity contribution in [1.82, 2.24) is 9.80 Å². The van der Waals surface area contributed by atoms with Crippen LogP contribution in [-0.4, -0.2) is 58.6 Å². The zero-order chi connectivity index (χ0) is 25.7. The largest absolute Gasteiger partial charge is 0.370 e. The molecule has 206 valence electrons. The number of unbranched alkanes of at least 4 members (excludes halogenated alkanes) is 10. The summed E-state index contributed by atoms with van der Waals surface area (Å²) in [5, 5.41) is 0. The average Bonchev–Trinajstić information content (AvgIpc) is 3.22. The lowest BCUT2D eigenvalue weighted by Crippen LogP contribution is -2.60. The highest BCUT2D eigenvalue weighted by atomic mass is 16.5. The highest BCUT2D eigenvalue weighted by molar-refractivity contribution is 5.80. The Morgan fingerprint density at radius 2 is 1.26 bits per heavy atom. The lowest BCUT2D eigenvalue weighted by atomic mass is 9.85. The number of amides is 1. The molecular weight excluding hydrogens is 432 g/mol. The predicted molar refractivity (Wildman–Crippen MR) is 150 cm³/mol. The second-order valence-electron chi connectivity index (χ2n) is 12.6. The normalized spacial score (nSPS) is 23.0. The molecule has 0 aliphatic carbocycles. The number of ether oxygens (including phenoxy) is 1. The van der Waals surface area contributed by atoms with Crippen LogP contribution in [0.1, 0.15) is 151 Å². The third-order valence-electron chi connectivity index (χ3n) is 8.72. The summed E-state index contributed by atoms with van der Waals surface area (Å²) >= 11 is 0. The van der Waals surface area contributed by atoms with Gasteiger partial charge in [0.15, 0.2) is 0 Å². The maximum Gasteiger partial charge on any atom is 0.237 e. The summed E-state index contributed by atoms with van der Waals surface area (Å²) in [6.45, 7) is 16.2. The lowest BCUT2D eigenvalue weighted by molar-refractivity contribution is -0.142. The van der Waals surface area contributed by atoms with Gasteiger partial charge in [0, 0.05) is 24.7 Å². The zero-order valence-corrected chi connectivity index (χ0v) is 24.5. The molecule has 4 heteroatoms. The third-order valence-corrected chi connectivity index (χ3v) is 8.72. The maximum absolute atomic E-state index is 13.3. The van der Waals surface area contributed by atoms with Gasteiger partial charge in [-0.15, -0.1) is 0 Å². The molecule has 3 atom stereocenters. The summed E-state index contributed by atoms with van der Waals surface area (Å²) in [6.07, 6.45) is 21.7. The van der Waals surface area contributed by atoms with E-state index < -0.39 is 0 Å². The van der Waals surface area contributed by atoms with Gasteiger partial charge >= 0.3 is 0 Å². The molecule has 0 radical (unpaired) electrons. The van der Waals surface area contributed by atoms with Crippen molar-refractivity contribution in [3.63, 3.8) is 0 Å². The molecule has 0 bridgehead atoms. The first-order chi connectivity index (χ1) is 16.7. The van der Waals surface area contributed by atoms with Crippen LogP contribution >= 0.6 is 0 Å². The van der Waals surface area contributed by atoms with Crippen LogP contribution in [0.3, 0.4) is 0 Å². The van der Waals surface area contributed by atoms with Gasteiger partial charge in [-0.1, -0.05) is 104 Å². The molecule has 3 unspecified atom stereocenters. The summed E-state index contributed by atoms with van der Waals surface area (Å²) in [5.41, 5.74) is 0.0568. The molecule has 2 fully saturated rings. The number of hydrogen-bond donors (Lipinski definition) is 0. The predicted octanol–water partition coefficient (Wildman–Crippen LogP) is 8.13. The van der Waals surface area contributed by atoms with E-state index in [9.17, 15) is 4.79 Å². The standard InChI is InChI=1S/C31H60N2O2/c1-7-10-13-16-19-22-31(6,21-18-15-12-9-3)32-24-27-23-28(25-33(27)29(34)26-32)35-30(4,5)20-17-14-11-8-2/h27-28H,7-26H2,1-6H3. The van der Waals surface area contributed by atoms with Crippen molar-refractivity contribution in [2.75, 3.05) is 19.6 Å². The van der Waals surface area contributed by atoms with Gasteiger partial charge in [0.2, 0.25) is 5.91 Å². The van der Waals surface area contributed by atoms with Gasteiger partial charge in [0.1, 0.15) is 0 Å². The van der Waals surface area contributed by atoms with Crippen LogP contribution in [0, 0.1) is 0 Å². The highest BCUT2D eigenvalue weighted by Crippen LogP contribution is 2.35. The maximum atomic E-state index is 13.3. The van der Waals surface area contributed by atoms with Gasteiger partial charge in [-0.25, -0.2) is 0 Å². The molecule has 2 aliphatic heterocycles. The summed E-state index contributed by atoms with van der Waals surface area (Å²) in [6, 6.07) is 0.326. The Kier molecular flexibility index (Phi) is 13.6. The molecule has 2 aliphatic rings. The molecule has 35 heavy (non-hydrogen) atoms. The van der Waals surface area contributed by atoms with E-state index in [-0.39, 0.29) is 17.2 Å². The first-order valence-electron chi connectivity index (χ1n) is 15.5. The van der Waals surface area contributed by atoms with Gasteiger partial charge in [-0.2, -0.15) is 0 Å². The second kappa shape index (κ2) is 15.6. The van der Waals surface area contributed by atoms with Crippen LogP contribution in [0.15, 0.2) is 0 Å². The van der Waals surface area contributed by atoms with Crippen molar-refractivity contribution in [2.45, 2.75) is 174 Å². The number of fused-ring (bicyclic) bond motifs is 1. The summed E-state index contributed by atoms with van der Waals surface area (Å²) in [5.74, 6) is 0.332. The molecule has 0 spiro atoms. The van der Waals surface area contributed by atoms with Gasteiger partial charge in [0.25, 0.3) is 0 Å². The topological polar surface area (TPSA) is 32.8 Å². The van der Waals surface area contributed by atoms with E-state index in [0.29, 0.717) is 18.5 Å². The number of carbonyl (C=O) groups excluding carboxylic acids is 1. The van der Waals surface area contributed by atoms with E-state index in [4.69, 9.17) is 4.74 Å². The van der Waals surface area contributed by atoms with Crippen molar-refractivity contribution in [3.05, 3.63) is 0 Å². The first-order valence-corrected chi connectivity index (χ1v) is 15.5. The molecular formula is C31H60N2O2. The number of rotatable bonds is 19. The monoisotopic (exact) mass is 492 g/mol. The minimum Gasteiger partial charge on any atom is -0.370 e. The molecule has 2 saturated heterocycles. The Labute approximate surface area is 218 Å². The van der Waals surface area contributed by atoms with Crippen LogP contribution in [-0.2, 0) is 9.53 Å². The summed E-state index contributed by atoms with van der Waals surface area (Å²) in [7, 11) is 0. The lowest BCUT2D eigenvalue weighted by Gasteiger charge is -2.47. The van der Waals surface area contributed by atoms with Crippen LogP contribution in [0.5, 0.6) is 0 Å². The second-order valence-corrected chi connectivity index (χ2v) is 12.6. The fourth-order valence-electron chi connectivity index (χ4n) is 6.39. The van der Waals surface area contributed by atoms with E-state index in [0.717, 1.165) is 25.9 Å². The van der Waals surface area contributed by atoms with Gasteiger partial charge in [0.05, 0.1) is 18.2 Å². The van der Waals surface area contributed by atoms with Gasteiger partial charge < -0.3 is 9.64 Å². The summed E-state index contributed by atoms with van der Waals surface area (Å²) < 4.78 is 6.62. The fraction of sp³-hybridized carbons (Fsp3) is 0.968. The first kappa shape index (κ1) is 30.6. The quantitative estimate of drug-likeness (QED) is 0.171. The highest BCUT2D eigenvalue weighted by Gasteiger charge is 2.45. The zero-order valence-electron chi connectivity index (χ0n) is 24.5. The Morgan fingerprint density at radius 3 is 1.83 bits per heavy atom.